The average molecular weight is 292 g/mol. The molecular weight excluding hydrogens is 276 g/mol. The summed E-state index contributed by atoms with van der Waals surface area (Å²) in [5.74, 6) is 0. The summed E-state index contributed by atoms with van der Waals surface area (Å²) in [6.45, 7) is 3.59. The van der Waals surface area contributed by atoms with E-state index in [-0.39, 0.29) is 17.1 Å². The van der Waals surface area contributed by atoms with Crippen LogP contribution in [0, 0.1) is 13.8 Å². The Balaban J connectivity index is 2.22. The Morgan fingerprint density at radius 1 is 1.20 bits per heavy atom. The van der Waals surface area contributed by atoms with E-state index in [1.807, 2.05) is 6.92 Å². The van der Waals surface area contributed by atoms with Gasteiger partial charge in [0.05, 0.1) is 29.8 Å². The molecule has 0 bridgehead atoms. The lowest BCUT2D eigenvalue weighted by molar-refractivity contribution is 0.580. The molecule has 2 aromatic rings. The van der Waals surface area contributed by atoms with Crippen molar-refractivity contribution in [2.24, 2.45) is 0 Å². The lowest BCUT2D eigenvalue weighted by Crippen LogP contribution is -2.25. The number of hydrogen-bond acceptors (Lipinski definition) is 5. The zero-order valence-electron chi connectivity index (χ0n) is 11.3. The van der Waals surface area contributed by atoms with E-state index in [1.165, 1.54) is 0 Å². The smallest absolute Gasteiger partial charge is 0.243 e. The minimum absolute atomic E-state index is 0.0728. The summed E-state index contributed by atoms with van der Waals surface area (Å²) in [6.07, 6.45) is 3.13. The second kappa shape index (κ2) is 5.56. The quantitative estimate of drug-likeness (QED) is 0.824. The lowest BCUT2D eigenvalue weighted by Gasteiger charge is -2.11. The van der Waals surface area contributed by atoms with E-state index in [1.54, 1.807) is 37.5 Å². The molecule has 106 valence electrons. The number of nitrogen functional groups attached to an aromatic ring is 1. The third-order valence-electron chi connectivity index (χ3n) is 2.79. The van der Waals surface area contributed by atoms with E-state index in [0.29, 0.717) is 11.3 Å². The van der Waals surface area contributed by atoms with Crippen LogP contribution in [0.3, 0.4) is 0 Å². The van der Waals surface area contributed by atoms with Crippen LogP contribution in [0.25, 0.3) is 0 Å². The number of rotatable bonds is 4. The van der Waals surface area contributed by atoms with Gasteiger partial charge in [0.25, 0.3) is 0 Å². The van der Waals surface area contributed by atoms with Crippen molar-refractivity contribution in [2.45, 2.75) is 25.3 Å². The molecule has 1 aromatic carbocycles. The number of aromatic nitrogens is 2. The fraction of sp³-hybridized carbons (Fsp3) is 0.231. The molecule has 3 N–H and O–H groups in total. The summed E-state index contributed by atoms with van der Waals surface area (Å²) < 4.78 is 27.0. The standard InChI is InChI=1S/C13H16N4O2S/c1-9-4-3-5-12(14)13(9)20(18,19)17-8-11-7-15-10(2)6-16-11/h3-7,17H,8,14H2,1-2H3. The van der Waals surface area contributed by atoms with Crippen LogP contribution < -0.4 is 10.5 Å². The second-order valence-electron chi connectivity index (χ2n) is 4.47. The van der Waals surface area contributed by atoms with Gasteiger partial charge >= 0.3 is 0 Å². The molecule has 0 saturated heterocycles. The van der Waals surface area contributed by atoms with Crippen LogP contribution in [0.5, 0.6) is 0 Å². The van der Waals surface area contributed by atoms with E-state index in [9.17, 15) is 8.42 Å². The van der Waals surface area contributed by atoms with Crippen LogP contribution in [0.2, 0.25) is 0 Å². The molecule has 7 heteroatoms. The average Bonchev–Trinajstić information content (AvgIpc) is 2.37. The van der Waals surface area contributed by atoms with E-state index in [4.69, 9.17) is 5.73 Å². The first-order valence-electron chi connectivity index (χ1n) is 6.02. The zero-order chi connectivity index (χ0) is 14.8. The highest BCUT2D eigenvalue weighted by atomic mass is 32.2. The SMILES string of the molecule is Cc1cnc(CNS(=O)(=O)c2c(C)cccc2N)cn1. The number of benzene rings is 1. The highest BCUT2D eigenvalue weighted by Gasteiger charge is 2.19. The van der Waals surface area contributed by atoms with Gasteiger partial charge in [-0.1, -0.05) is 12.1 Å². The van der Waals surface area contributed by atoms with Crippen molar-refractivity contribution in [1.29, 1.82) is 0 Å². The Hall–Kier alpha value is -1.99. The third kappa shape index (κ3) is 3.12. The number of hydrogen-bond donors (Lipinski definition) is 2. The van der Waals surface area contributed by atoms with Gasteiger partial charge < -0.3 is 5.73 Å². The Kier molecular flexibility index (Phi) is 4.01. The van der Waals surface area contributed by atoms with Crippen LogP contribution in [-0.2, 0) is 16.6 Å². The molecule has 0 saturated carbocycles. The van der Waals surface area contributed by atoms with Gasteiger partial charge in [-0.25, -0.2) is 13.1 Å². The molecule has 20 heavy (non-hydrogen) atoms. The monoisotopic (exact) mass is 292 g/mol. The summed E-state index contributed by atoms with van der Waals surface area (Å²) in [6, 6.07) is 4.99. The number of sulfonamides is 1. The van der Waals surface area contributed by atoms with Crippen LogP contribution >= 0.6 is 0 Å². The van der Waals surface area contributed by atoms with Crippen molar-refractivity contribution in [3.63, 3.8) is 0 Å². The molecule has 0 atom stereocenters. The van der Waals surface area contributed by atoms with Crippen molar-refractivity contribution in [3.8, 4) is 0 Å². The van der Waals surface area contributed by atoms with Crippen molar-refractivity contribution in [1.82, 2.24) is 14.7 Å². The van der Waals surface area contributed by atoms with Gasteiger partial charge in [-0.3, -0.25) is 9.97 Å². The molecule has 0 aliphatic carbocycles. The minimum Gasteiger partial charge on any atom is -0.398 e. The minimum atomic E-state index is -3.67. The fourth-order valence-corrected chi connectivity index (χ4v) is 3.15. The maximum Gasteiger partial charge on any atom is 0.243 e. The molecule has 0 amide bonds. The highest BCUT2D eigenvalue weighted by Crippen LogP contribution is 2.21. The van der Waals surface area contributed by atoms with Crippen molar-refractivity contribution >= 4 is 15.7 Å². The molecule has 6 nitrogen and oxygen atoms in total. The van der Waals surface area contributed by atoms with Crippen molar-refractivity contribution < 1.29 is 8.42 Å². The first-order chi connectivity index (χ1) is 9.40. The number of aryl methyl sites for hydroxylation is 2. The van der Waals surface area contributed by atoms with Gasteiger partial charge in [0, 0.05) is 6.20 Å². The van der Waals surface area contributed by atoms with E-state index in [2.05, 4.69) is 14.7 Å². The number of anilines is 1. The normalized spacial score (nSPS) is 11.5. The van der Waals surface area contributed by atoms with Gasteiger partial charge in [0.1, 0.15) is 4.90 Å². The van der Waals surface area contributed by atoms with Gasteiger partial charge in [-0.15, -0.1) is 0 Å². The maximum absolute atomic E-state index is 12.3. The molecule has 0 aliphatic heterocycles. The highest BCUT2D eigenvalue weighted by molar-refractivity contribution is 7.89. The van der Waals surface area contributed by atoms with Crippen LogP contribution in [0.4, 0.5) is 5.69 Å². The summed E-state index contributed by atoms with van der Waals surface area (Å²) in [5.41, 5.74) is 7.91. The number of nitrogens with zero attached hydrogens (tertiary/aromatic N) is 2. The largest absolute Gasteiger partial charge is 0.398 e. The molecule has 0 radical (unpaired) electrons. The Labute approximate surface area is 118 Å². The molecule has 0 spiro atoms. The van der Waals surface area contributed by atoms with Crippen LogP contribution in [0.1, 0.15) is 17.0 Å². The van der Waals surface area contributed by atoms with Crippen LogP contribution in [-0.4, -0.2) is 18.4 Å². The van der Waals surface area contributed by atoms with Crippen molar-refractivity contribution in [3.05, 3.63) is 47.5 Å². The summed E-state index contributed by atoms with van der Waals surface area (Å²) in [4.78, 5) is 8.28. The predicted octanol–water partition coefficient (Wildman–Crippen LogP) is 1.15. The zero-order valence-corrected chi connectivity index (χ0v) is 12.1. The van der Waals surface area contributed by atoms with E-state index >= 15 is 0 Å². The molecule has 2 rings (SSSR count). The molecule has 0 unspecified atom stereocenters. The second-order valence-corrected chi connectivity index (χ2v) is 6.17. The summed E-state index contributed by atoms with van der Waals surface area (Å²) in [5, 5.41) is 0. The first kappa shape index (κ1) is 14.4. The van der Waals surface area contributed by atoms with Gasteiger partial charge in [-0.05, 0) is 25.5 Å². The topological polar surface area (TPSA) is 98.0 Å². The Bertz CT molecular complexity index is 691. The molecule has 0 aliphatic rings. The molecule has 0 fully saturated rings. The summed E-state index contributed by atoms with van der Waals surface area (Å²) >= 11 is 0. The molecule has 1 heterocycles. The number of nitrogens with one attached hydrogen (secondary N) is 1. The fourth-order valence-electron chi connectivity index (χ4n) is 1.79. The summed E-state index contributed by atoms with van der Waals surface area (Å²) in [7, 11) is -3.67. The van der Waals surface area contributed by atoms with Crippen molar-refractivity contribution in [2.75, 3.05) is 5.73 Å². The van der Waals surface area contributed by atoms with E-state index < -0.39 is 10.0 Å². The van der Waals surface area contributed by atoms with Gasteiger partial charge in [0.2, 0.25) is 10.0 Å². The molecular formula is C13H16N4O2S. The lowest BCUT2D eigenvalue weighted by atomic mass is 10.2. The van der Waals surface area contributed by atoms with Crippen LogP contribution in [0.15, 0.2) is 35.5 Å². The first-order valence-corrected chi connectivity index (χ1v) is 7.51. The number of nitrogens with two attached hydrogens (primary N) is 1. The maximum atomic E-state index is 12.3. The third-order valence-corrected chi connectivity index (χ3v) is 4.41. The van der Waals surface area contributed by atoms with Gasteiger partial charge in [0.15, 0.2) is 0 Å². The molecule has 1 aromatic heterocycles. The van der Waals surface area contributed by atoms with E-state index in [0.717, 1.165) is 5.69 Å². The predicted molar refractivity (Wildman–Crippen MR) is 76.4 cm³/mol. The van der Waals surface area contributed by atoms with Gasteiger partial charge in [-0.2, -0.15) is 0 Å². The Morgan fingerprint density at radius 3 is 2.55 bits per heavy atom. The Morgan fingerprint density at radius 2 is 1.95 bits per heavy atom.